The second kappa shape index (κ2) is 12.0. The van der Waals surface area contributed by atoms with Crippen molar-refractivity contribution in [3.8, 4) is 0 Å². The molecular formula is C20H35N3O3. The summed E-state index contributed by atoms with van der Waals surface area (Å²) in [6.45, 7) is 6.91. The molecule has 1 aromatic heterocycles. The molecule has 0 unspecified atom stereocenters. The fraction of sp³-hybridized carbons (Fsp3) is 0.750. The summed E-state index contributed by atoms with van der Waals surface area (Å²) in [6, 6.07) is 3.93. The molecule has 0 radical (unpaired) electrons. The topological polar surface area (TPSA) is 68.0 Å². The van der Waals surface area contributed by atoms with Crippen molar-refractivity contribution in [3.63, 3.8) is 0 Å². The molecular weight excluding hydrogens is 330 g/mol. The maximum Gasteiger partial charge on any atom is 0.191 e. The average molecular weight is 366 g/mol. The Hall–Kier alpha value is -1.53. The van der Waals surface area contributed by atoms with Crippen LogP contribution < -0.4 is 10.6 Å². The molecule has 1 fully saturated rings. The second-order valence-electron chi connectivity index (χ2n) is 6.99. The molecule has 2 N–H and O–H groups in total. The monoisotopic (exact) mass is 365 g/mol. The largest absolute Gasteiger partial charge is 0.469 e. The van der Waals surface area contributed by atoms with Gasteiger partial charge in [-0.3, -0.25) is 4.99 Å². The molecule has 1 aliphatic carbocycles. The second-order valence-corrected chi connectivity index (χ2v) is 6.99. The zero-order valence-corrected chi connectivity index (χ0v) is 16.4. The summed E-state index contributed by atoms with van der Waals surface area (Å²) in [5.41, 5.74) is 0.330. The number of guanidine groups is 1. The van der Waals surface area contributed by atoms with Gasteiger partial charge in [0.25, 0.3) is 0 Å². The van der Waals surface area contributed by atoms with E-state index >= 15 is 0 Å². The summed E-state index contributed by atoms with van der Waals surface area (Å²) in [4.78, 5) is 4.87. The van der Waals surface area contributed by atoms with E-state index in [1.807, 2.05) is 19.1 Å². The quantitative estimate of drug-likeness (QED) is 0.319. The first-order valence-corrected chi connectivity index (χ1v) is 9.89. The van der Waals surface area contributed by atoms with Gasteiger partial charge in [-0.15, -0.1) is 0 Å². The molecule has 1 saturated carbocycles. The molecule has 6 heteroatoms. The van der Waals surface area contributed by atoms with E-state index in [1.54, 1.807) is 13.4 Å². The lowest BCUT2D eigenvalue weighted by atomic mass is 9.67. The van der Waals surface area contributed by atoms with Crippen LogP contribution in [0, 0.1) is 5.41 Å². The molecule has 1 aromatic rings. The lowest BCUT2D eigenvalue weighted by molar-refractivity contribution is 0.0778. The van der Waals surface area contributed by atoms with Crippen LogP contribution in [0.2, 0.25) is 0 Å². The molecule has 1 heterocycles. The molecule has 0 atom stereocenters. The van der Waals surface area contributed by atoms with Gasteiger partial charge in [-0.2, -0.15) is 0 Å². The van der Waals surface area contributed by atoms with Gasteiger partial charge in [-0.05, 0) is 50.2 Å². The first kappa shape index (κ1) is 20.8. The summed E-state index contributed by atoms with van der Waals surface area (Å²) in [6.07, 6.45) is 8.45. The number of furan rings is 1. The van der Waals surface area contributed by atoms with Crippen LogP contribution in [0.3, 0.4) is 0 Å². The van der Waals surface area contributed by atoms with Crippen molar-refractivity contribution in [2.45, 2.75) is 45.4 Å². The predicted molar refractivity (Wildman–Crippen MR) is 105 cm³/mol. The molecule has 0 aromatic carbocycles. The third-order valence-corrected chi connectivity index (χ3v) is 5.03. The first-order chi connectivity index (χ1) is 12.8. The molecule has 0 amide bonds. The van der Waals surface area contributed by atoms with Crippen molar-refractivity contribution in [1.82, 2.24) is 10.6 Å². The van der Waals surface area contributed by atoms with Crippen molar-refractivity contribution < 1.29 is 13.9 Å². The fourth-order valence-corrected chi connectivity index (χ4v) is 3.19. The number of nitrogens with one attached hydrogen (secondary N) is 2. The predicted octanol–water partition coefficient (Wildman–Crippen LogP) is 2.99. The van der Waals surface area contributed by atoms with Crippen molar-refractivity contribution in [2.24, 2.45) is 10.4 Å². The smallest absolute Gasteiger partial charge is 0.191 e. The van der Waals surface area contributed by atoms with Crippen LogP contribution in [-0.2, 0) is 15.9 Å². The van der Waals surface area contributed by atoms with E-state index in [0.29, 0.717) is 5.41 Å². The zero-order chi connectivity index (χ0) is 18.5. The Balaban J connectivity index is 1.81. The molecule has 0 spiro atoms. The minimum atomic E-state index is 0.330. The van der Waals surface area contributed by atoms with Crippen LogP contribution >= 0.6 is 0 Å². The third-order valence-electron chi connectivity index (χ3n) is 5.03. The van der Waals surface area contributed by atoms with Crippen LogP contribution in [0.1, 0.15) is 44.8 Å². The van der Waals surface area contributed by atoms with Gasteiger partial charge in [0, 0.05) is 53.0 Å². The first-order valence-electron chi connectivity index (χ1n) is 9.89. The van der Waals surface area contributed by atoms with Crippen LogP contribution in [0.25, 0.3) is 0 Å². The van der Waals surface area contributed by atoms with Crippen LogP contribution in [-0.4, -0.2) is 52.5 Å². The normalized spacial score (nSPS) is 16.3. The summed E-state index contributed by atoms with van der Waals surface area (Å²) in [7, 11) is 1.77. The van der Waals surface area contributed by atoms with Gasteiger partial charge in [0.15, 0.2) is 5.96 Å². The third kappa shape index (κ3) is 7.38. The number of rotatable bonds is 13. The van der Waals surface area contributed by atoms with Gasteiger partial charge in [-0.25, -0.2) is 0 Å². The molecule has 1 aliphatic rings. The SMILES string of the molecule is CCOCCCNC(=NCC1(CCOC)CCC1)NCCc1ccco1. The highest BCUT2D eigenvalue weighted by atomic mass is 16.5. The maximum atomic E-state index is 5.40. The summed E-state index contributed by atoms with van der Waals surface area (Å²) in [5.74, 6) is 1.88. The van der Waals surface area contributed by atoms with E-state index in [1.165, 1.54) is 19.3 Å². The molecule has 0 aliphatic heterocycles. The number of methoxy groups -OCH3 is 1. The van der Waals surface area contributed by atoms with Gasteiger partial charge in [0.1, 0.15) is 5.76 Å². The molecule has 26 heavy (non-hydrogen) atoms. The minimum absolute atomic E-state index is 0.330. The lowest BCUT2D eigenvalue weighted by Gasteiger charge is -2.40. The Labute approximate surface area is 157 Å². The molecule has 6 nitrogen and oxygen atoms in total. The van der Waals surface area contributed by atoms with Gasteiger partial charge < -0.3 is 24.5 Å². The van der Waals surface area contributed by atoms with E-state index in [2.05, 4.69) is 10.6 Å². The number of nitrogens with zero attached hydrogens (tertiary/aromatic N) is 1. The molecule has 0 saturated heterocycles. The molecule has 148 valence electrons. The Morgan fingerprint density at radius 1 is 1.27 bits per heavy atom. The Morgan fingerprint density at radius 2 is 2.12 bits per heavy atom. The summed E-state index contributed by atoms with van der Waals surface area (Å²) < 4.78 is 16.1. The summed E-state index contributed by atoms with van der Waals surface area (Å²) in [5, 5.41) is 6.87. The Bertz CT molecular complexity index is 498. The Morgan fingerprint density at radius 3 is 2.77 bits per heavy atom. The number of hydrogen-bond donors (Lipinski definition) is 2. The molecule has 0 bridgehead atoms. The van der Waals surface area contributed by atoms with Crippen LogP contribution in [0.4, 0.5) is 0 Å². The van der Waals surface area contributed by atoms with E-state index in [4.69, 9.17) is 18.9 Å². The molecule has 2 rings (SSSR count). The van der Waals surface area contributed by atoms with E-state index < -0.39 is 0 Å². The van der Waals surface area contributed by atoms with E-state index in [9.17, 15) is 0 Å². The highest BCUT2D eigenvalue weighted by molar-refractivity contribution is 5.79. The Kier molecular flexibility index (Phi) is 9.56. The van der Waals surface area contributed by atoms with Gasteiger partial charge in [0.2, 0.25) is 0 Å². The van der Waals surface area contributed by atoms with Gasteiger partial charge in [-0.1, -0.05) is 6.42 Å². The van der Waals surface area contributed by atoms with Crippen molar-refractivity contribution in [3.05, 3.63) is 24.2 Å². The minimum Gasteiger partial charge on any atom is -0.469 e. The highest BCUT2D eigenvalue weighted by Crippen LogP contribution is 2.44. The van der Waals surface area contributed by atoms with E-state index in [-0.39, 0.29) is 0 Å². The fourth-order valence-electron chi connectivity index (χ4n) is 3.19. The van der Waals surface area contributed by atoms with Crippen molar-refractivity contribution in [1.29, 1.82) is 0 Å². The zero-order valence-electron chi connectivity index (χ0n) is 16.4. The van der Waals surface area contributed by atoms with Crippen molar-refractivity contribution in [2.75, 3.05) is 46.6 Å². The lowest BCUT2D eigenvalue weighted by Crippen LogP contribution is -2.41. The number of ether oxygens (including phenoxy) is 2. The van der Waals surface area contributed by atoms with Gasteiger partial charge >= 0.3 is 0 Å². The van der Waals surface area contributed by atoms with Crippen LogP contribution in [0.15, 0.2) is 27.8 Å². The maximum absolute atomic E-state index is 5.40. The van der Waals surface area contributed by atoms with Crippen LogP contribution in [0.5, 0.6) is 0 Å². The van der Waals surface area contributed by atoms with Crippen molar-refractivity contribution >= 4 is 5.96 Å². The van der Waals surface area contributed by atoms with E-state index in [0.717, 1.165) is 70.4 Å². The highest BCUT2D eigenvalue weighted by Gasteiger charge is 2.36. The standard InChI is InChI=1S/C20H35N3O3/c1-3-25-14-6-12-21-19(22-13-8-18-7-4-15-26-18)23-17-20(9-5-10-20)11-16-24-2/h4,7,15H,3,5-6,8-14,16-17H2,1-2H3,(H2,21,22,23). The average Bonchev–Trinajstić information content (AvgIpc) is 3.13. The van der Waals surface area contributed by atoms with Gasteiger partial charge in [0.05, 0.1) is 6.26 Å². The number of aliphatic imine (C=N–C) groups is 1. The number of hydrogen-bond acceptors (Lipinski definition) is 4. The summed E-state index contributed by atoms with van der Waals surface area (Å²) >= 11 is 0.